The molecule has 0 fully saturated rings. The molecule has 38 heavy (non-hydrogen) atoms. The molecule has 6 nitrogen and oxygen atoms in total. The number of nitrogens with zero attached hydrogens (tertiary/aromatic N) is 2. The monoisotopic (exact) mass is 522 g/mol. The summed E-state index contributed by atoms with van der Waals surface area (Å²) in [5.74, 6) is 1.07. The minimum atomic E-state index is -0.248. The molecule has 0 aliphatic carbocycles. The van der Waals surface area contributed by atoms with Gasteiger partial charge in [-0.3, -0.25) is 0 Å². The molecule has 0 spiro atoms. The zero-order valence-electron chi connectivity index (χ0n) is 20.9. The molecule has 0 atom stereocenters. The van der Waals surface area contributed by atoms with Crippen molar-refractivity contribution < 1.29 is 9.13 Å². The van der Waals surface area contributed by atoms with Crippen molar-refractivity contribution in [2.45, 2.75) is 19.8 Å². The van der Waals surface area contributed by atoms with E-state index < -0.39 is 0 Å². The fourth-order valence-corrected chi connectivity index (χ4v) is 4.76. The molecular weight excluding hydrogens is 496 g/mol. The molecule has 5 aromatic rings. The van der Waals surface area contributed by atoms with Crippen molar-refractivity contribution in [1.82, 2.24) is 9.97 Å². The zero-order valence-corrected chi connectivity index (χ0v) is 21.7. The maximum absolute atomic E-state index is 13.6. The Bertz CT molecular complexity index is 1590. The zero-order chi connectivity index (χ0) is 26.5. The number of nitrogen functional groups attached to an aromatic ring is 1. The van der Waals surface area contributed by atoms with Crippen LogP contribution in [-0.2, 0) is 0 Å². The minimum absolute atomic E-state index is 0.248. The topological polar surface area (TPSA) is 85.1 Å². The van der Waals surface area contributed by atoms with Gasteiger partial charge in [0.1, 0.15) is 5.82 Å². The summed E-state index contributed by atoms with van der Waals surface area (Å²) in [4.78, 5) is 9.89. The van der Waals surface area contributed by atoms with Gasteiger partial charge in [0.2, 0.25) is 0 Å². The van der Waals surface area contributed by atoms with Gasteiger partial charge in [0.15, 0.2) is 0 Å². The van der Waals surface area contributed by atoms with Gasteiger partial charge >= 0.3 is 197 Å². The number of benzene rings is 3. The van der Waals surface area contributed by atoms with Crippen LogP contribution in [0.25, 0.3) is 21.3 Å². The molecule has 1 radical (unpaired) electrons. The number of aromatic nitrogens is 2. The average molecular weight is 522 g/mol. The summed E-state index contributed by atoms with van der Waals surface area (Å²) in [7, 11) is 6.26. The fraction of sp³-hybridized carbons (Fsp3) is 0.138. The van der Waals surface area contributed by atoms with E-state index in [1.807, 2.05) is 47.8 Å². The van der Waals surface area contributed by atoms with Crippen molar-refractivity contribution in [3.63, 3.8) is 0 Å². The Morgan fingerprint density at radius 1 is 1.08 bits per heavy atom. The molecule has 0 saturated carbocycles. The molecule has 2 heterocycles. The van der Waals surface area contributed by atoms with Gasteiger partial charge in [-0.05, 0) is 18.6 Å². The van der Waals surface area contributed by atoms with Crippen LogP contribution < -0.4 is 21.1 Å². The van der Waals surface area contributed by atoms with Gasteiger partial charge in [-0.25, -0.2) is 4.39 Å². The first-order valence-electron chi connectivity index (χ1n) is 12.2. The summed E-state index contributed by atoms with van der Waals surface area (Å²) >= 11 is 1.68. The van der Waals surface area contributed by atoms with E-state index in [-0.39, 0.29) is 5.82 Å². The van der Waals surface area contributed by atoms with Crippen molar-refractivity contribution in [1.29, 1.82) is 0 Å². The SMILES string of the molecule is [B]=C(CCCOc1ccc2ncnc(Nc3ccc(F)c(C)c3)c2c1)Nc1cc(-c2cccs2)ccc1N. The second-order valence-electron chi connectivity index (χ2n) is 8.87. The van der Waals surface area contributed by atoms with Crippen molar-refractivity contribution in [2.75, 3.05) is 23.0 Å². The number of aryl methyl sites for hydroxylation is 1. The standard InChI is InChI=1S/C29H26BFN5OS/c1-18-14-20(7-9-23(18)31)35-29-22-16-21(8-11-25(22)33-17-34-29)37-12-2-5-28(30)36-26-15-19(6-10-24(26)32)27-4-3-13-38-27/h3-4,6-11,13-17,36H,2,5,12,32H2,1H3,(H,33,34,35). The summed E-state index contributed by atoms with van der Waals surface area (Å²) in [5, 5.41) is 9.35. The Balaban J connectivity index is 1.18. The Labute approximate surface area is 225 Å². The maximum atomic E-state index is 13.6. The summed E-state index contributed by atoms with van der Waals surface area (Å²) < 4.78 is 19.6. The molecular formula is C29H26BFN5OS. The Morgan fingerprint density at radius 3 is 2.79 bits per heavy atom. The third kappa shape index (κ3) is 6.00. The van der Waals surface area contributed by atoms with Gasteiger partial charge < -0.3 is 0 Å². The fourth-order valence-electron chi connectivity index (χ4n) is 4.03. The molecule has 0 aliphatic heterocycles. The summed E-state index contributed by atoms with van der Waals surface area (Å²) in [5.41, 5.74) is 11.4. The molecule has 0 saturated heterocycles. The third-order valence-electron chi connectivity index (χ3n) is 6.04. The van der Waals surface area contributed by atoms with Crippen LogP contribution in [0.1, 0.15) is 18.4 Å². The first-order valence-corrected chi connectivity index (χ1v) is 13.1. The van der Waals surface area contributed by atoms with Crippen molar-refractivity contribution in [3.8, 4) is 16.2 Å². The quantitative estimate of drug-likeness (QED) is 0.108. The van der Waals surface area contributed by atoms with Gasteiger partial charge in [-0.2, -0.15) is 0 Å². The third-order valence-corrected chi connectivity index (χ3v) is 6.96. The van der Waals surface area contributed by atoms with Gasteiger partial charge in [-0.1, -0.05) is 0 Å². The first-order chi connectivity index (χ1) is 18.5. The van der Waals surface area contributed by atoms with Crippen LogP contribution in [0.2, 0.25) is 0 Å². The molecule has 9 heteroatoms. The van der Waals surface area contributed by atoms with E-state index in [4.69, 9.17) is 18.0 Å². The van der Waals surface area contributed by atoms with E-state index in [9.17, 15) is 4.39 Å². The Morgan fingerprint density at radius 2 is 1.97 bits per heavy atom. The number of nitrogens with one attached hydrogen (secondary N) is 2. The summed E-state index contributed by atoms with van der Waals surface area (Å²) in [6.07, 6.45) is 2.83. The molecule has 0 amide bonds. The van der Waals surface area contributed by atoms with Gasteiger partial charge in [-0.15, -0.1) is 0 Å². The van der Waals surface area contributed by atoms with E-state index >= 15 is 0 Å². The average Bonchev–Trinajstić information content (AvgIpc) is 3.45. The van der Waals surface area contributed by atoms with Gasteiger partial charge in [0.05, 0.1) is 0 Å². The molecule has 189 valence electrons. The number of fused-ring (bicyclic) bond motifs is 1. The molecule has 0 unspecified atom stereocenters. The molecule has 5 rings (SSSR count). The Hall–Kier alpha value is -4.24. The van der Waals surface area contributed by atoms with Crippen LogP contribution in [0.3, 0.4) is 0 Å². The molecule has 0 bridgehead atoms. The van der Waals surface area contributed by atoms with E-state index in [1.54, 1.807) is 30.4 Å². The molecule has 3 aromatic carbocycles. The van der Waals surface area contributed by atoms with Crippen LogP contribution in [0.4, 0.5) is 27.3 Å². The van der Waals surface area contributed by atoms with Crippen molar-refractivity contribution in [2.24, 2.45) is 0 Å². The van der Waals surface area contributed by atoms with Crippen LogP contribution in [0, 0.1) is 12.7 Å². The van der Waals surface area contributed by atoms with Crippen LogP contribution >= 0.6 is 11.3 Å². The second kappa shape index (κ2) is 11.4. The number of anilines is 4. The normalized spacial score (nSPS) is 10.9. The van der Waals surface area contributed by atoms with Gasteiger partial charge in [0.25, 0.3) is 0 Å². The molecule has 4 N–H and O–H groups in total. The number of thiophene rings is 1. The molecule has 2 aromatic heterocycles. The number of hydrogen-bond donors (Lipinski definition) is 3. The summed E-state index contributed by atoms with van der Waals surface area (Å²) in [6, 6.07) is 20.5. The van der Waals surface area contributed by atoms with E-state index in [2.05, 4.69) is 26.7 Å². The predicted octanol–water partition coefficient (Wildman–Crippen LogP) is 6.70. The number of nitrogens with two attached hydrogens (primary N) is 1. The van der Waals surface area contributed by atoms with Crippen molar-refractivity contribution >= 4 is 58.2 Å². The van der Waals surface area contributed by atoms with E-state index in [1.165, 1.54) is 17.3 Å². The number of hydrogen-bond acceptors (Lipinski definition) is 7. The number of halogens is 1. The van der Waals surface area contributed by atoms with E-state index in [0.717, 1.165) is 27.8 Å². The first kappa shape index (κ1) is 25.4. The summed E-state index contributed by atoms with van der Waals surface area (Å²) in [6.45, 7) is 2.20. The number of ether oxygens (including phenoxy) is 1. The van der Waals surface area contributed by atoms with Crippen molar-refractivity contribution in [3.05, 3.63) is 89.8 Å². The Kier molecular flexibility index (Phi) is 7.65. The predicted molar refractivity (Wildman–Crippen MR) is 157 cm³/mol. The number of rotatable bonds is 10. The van der Waals surface area contributed by atoms with Crippen LogP contribution in [0.5, 0.6) is 5.75 Å². The van der Waals surface area contributed by atoms with Crippen LogP contribution in [0.15, 0.2) is 78.4 Å². The van der Waals surface area contributed by atoms with Crippen LogP contribution in [-0.4, -0.2) is 29.6 Å². The van der Waals surface area contributed by atoms with Gasteiger partial charge in [0, 0.05) is 0 Å². The second-order valence-corrected chi connectivity index (χ2v) is 9.82. The molecule has 0 aliphatic rings. The van der Waals surface area contributed by atoms with E-state index in [0.29, 0.717) is 47.9 Å².